The molecule has 0 bridgehead atoms. The van der Waals surface area contributed by atoms with Crippen LogP contribution >= 0.6 is 0 Å². The summed E-state index contributed by atoms with van der Waals surface area (Å²) < 4.78 is 57.9. The number of hydrogen-bond donors (Lipinski definition) is 2. The van der Waals surface area contributed by atoms with Crippen molar-refractivity contribution in [1.29, 1.82) is 0 Å². The van der Waals surface area contributed by atoms with E-state index in [9.17, 15) is 17.2 Å². The molecule has 1 aromatic carbocycles. The molecule has 1 unspecified atom stereocenters. The number of ether oxygens (including phenoxy) is 1. The van der Waals surface area contributed by atoms with E-state index >= 15 is 0 Å². The number of nitrogens with one attached hydrogen (secondary N) is 1. The molecule has 1 heterocycles. The van der Waals surface area contributed by atoms with E-state index in [1.165, 1.54) is 0 Å². The molecule has 0 aliphatic carbocycles. The van der Waals surface area contributed by atoms with E-state index < -0.39 is 26.6 Å². The summed E-state index contributed by atoms with van der Waals surface area (Å²) in [5.74, 6) is -1.69. The number of benzene rings is 1. The van der Waals surface area contributed by atoms with E-state index in [4.69, 9.17) is 10.5 Å². The Morgan fingerprint density at radius 2 is 2.25 bits per heavy atom. The molecule has 1 fully saturated rings. The second-order valence-electron chi connectivity index (χ2n) is 5.34. The van der Waals surface area contributed by atoms with Crippen LogP contribution < -0.4 is 10.5 Å². The predicted molar refractivity (Wildman–Crippen MR) is 85.0 cm³/mol. The average Bonchev–Trinajstić information content (AvgIpc) is 2.51. The molecular weight excluding hydrogens is 342 g/mol. The van der Waals surface area contributed by atoms with Crippen LogP contribution in [0.15, 0.2) is 28.1 Å². The van der Waals surface area contributed by atoms with Gasteiger partial charge in [0.25, 0.3) is 0 Å². The number of sulfonamides is 1. The van der Waals surface area contributed by atoms with Gasteiger partial charge in [-0.05, 0) is 19.1 Å². The highest BCUT2D eigenvalue weighted by atomic mass is 32.2. The smallest absolute Gasteiger partial charge is 0.243 e. The van der Waals surface area contributed by atoms with Gasteiger partial charge in [-0.3, -0.25) is 4.99 Å². The van der Waals surface area contributed by atoms with Gasteiger partial charge in [0, 0.05) is 25.7 Å². The van der Waals surface area contributed by atoms with Gasteiger partial charge >= 0.3 is 0 Å². The predicted octanol–water partition coefficient (Wildman–Crippen LogP) is 0.279. The maximum atomic E-state index is 13.5. The third kappa shape index (κ3) is 4.86. The van der Waals surface area contributed by atoms with Crippen LogP contribution in [-0.2, 0) is 14.8 Å². The highest BCUT2D eigenvalue weighted by Crippen LogP contribution is 2.14. The van der Waals surface area contributed by atoms with Crippen molar-refractivity contribution < 1.29 is 21.9 Å². The summed E-state index contributed by atoms with van der Waals surface area (Å²) in [6.07, 6.45) is 0.0486. The van der Waals surface area contributed by atoms with Crippen molar-refractivity contribution in [3.8, 4) is 0 Å². The Labute approximate surface area is 139 Å². The zero-order chi connectivity index (χ0) is 17.7. The van der Waals surface area contributed by atoms with E-state index in [-0.39, 0.29) is 19.2 Å². The first-order valence-corrected chi connectivity index (χ1v) is 8.89. The quantitative estimate of drug-likeness (QED) is 0.445. The van der Waals surface area contributed by atoms with Gasteiger partial charge in [-0.15, -0.1) is 0 Å². The number of morpholine rings is 1. The van der Waals surface area contributed by atoms with Crippen molar-refractivity contribution in [1.82, 2.24) is 9.62 Å². The number of rotatable bonds is 5. The van der Waals surface area contributed by atoms with Crippen molar-refractivity contribution in [2.45, 2.75) is 17.9 Å². The maximum absolute atomic E-state index is 13.5. The SMILES string of the molecule is CC1CN(C(N)=NCCNS(=O)(=O)c2ccc(F)cc2F)CCO1. The Bertz CT molecular complexity index is 712. The van der Waals surface area contributed by atoms with E-state index in [1.807, 2.05) is 11.8 Å². The van der Waals surface area contributed by atoms with Crippen molar-refractivity contribution >= 4 is 16.0 Å². The standard InChI is InChI=1S/C14H20F2N4O3S/c1-10-9-20(6-7-23-10)14(17)18-4-5-19-24(21,22)13-3-2-11(15)8-12(13)16/h2-3,8,10,19H,4-7,9H2,1H3,(H2,17,18). The summed E-state index contributed by atoms with van der Waals surface area (Å²) in [5.41, 5.74) is 5.85. The van der Waals surface area contributed by atoms with E-state index in [2.05, 4.69) is 9.71 Å². The number of guanidine groups is 1. The van der Waals surface area contributed by atoms with Crippen molar-refractivity contribution in [2.75, 3.05) is 32.8 Å². The summed E-state index contributed by atoms with van der Waals surface area (Å²) in [4.78, 5) is 5.34. The van der Waals surface area contributed by atoms with E-state index in [0.717, 1.165) is 12.1 Å². The number of nitrogens with two attached hydrogens (primary N) is 1. The Morgan fingerprint density at radius 3 is 2.92 bits per heavy atom. The molecule has 1 atom stereocenters. The summed E-state index contributed by atoms with van der Waals surface area (Å²) in [5, 5.41) is 0. The van der Waals surface area contributed by atoms with Gasteiger partial charge in [-0.2, -0.15) is 0 Å². The molecule has 134 valence electrons. The van der Waals surface area contributed by atoms with Crippen molar-refractivity contribution in [3.05, 3.63) is 29.8 Å². The number of halogens is 2. The Balaban J connectivity index is 1.89. The molecule has 0 radical (unpaired) electrons. The third-order valence-corrected chi connectivity index (χ3v) is 4.92. The molecule has 2 rings (SSSR count). The average molecular weight is 362 g/mol. The second-order valence-corrected chi connectivity index (χ2v) is 7.08. The van der Waals surface area contributed by atoms with Crippen LogP contribution in [-0.4, -0.2) is 58.2 Å². The highest BCUT2D eigenvalue weighted by Gasteiger charge is 2.20. The first-order chi connectivity index (χ1) is 11.3. The van der Waals surface area contributed by atoms with Gasteiger partial charge < -0.3 is 15.4 Å². The topological polar surface area (TPSA) is 97.0 Å². The molecule has 1 aliphatic rings. The maximum Gasteiger partial charge on any atom is 0.243 e. The fraction of sp³-hybridized carbons (Fsp3) is 0.500. The van der Waals surface area contributed by atoms with E-state index in [0.29, 0.717) is 31.7 Å². The van der Waals surface area contributed by atoms with Gasteiger partial charge in [0.2, 0.25) is 10.0 Å². The molecule has 1 aliphatic heterocycles. The Morgan fingerprint density at radius 1 is 1.50 bits per heavy atom. The lowest BCUT2D eigenvalue weighted by atomic mass is 10.3. The first kappa shape index (κ1) is 18.6. The molecule has 0 spiro atoms. The molecular formula is C14H20F2N4O3S. The summed E-state index contributed by atoms with van der Waals surface area (Å²) in [6.45, 7) is 3.74. The van der Waals surface area contributed by atoms with Crippen LogP contribution in [0.5, 0.6) is 0 Å². The van der Waals surface area contributed by atoms with Gasteiger partial charge in [0.1, 0.15) is 16.5 Å². The van der Waals surface area contributed by atoms with Crippen LogP contribution in [0.4, 0.5) is 8.78 Å². The van der Waals surface area contributed by atoms with Crippen LogP contribution in [0.3, 0.4) is 0 Å². The molecule has 1 saturated heterocycles. The third-order valence-electron chi connectivity index (χ3n) is 3.43. The largest absolute Gasteiger partial charge is 0.375 e. The lowest BCUT2D eigenvalue weighted by molar-refractivity contribution is 0.00530. The lowest BCUT2D eigenvalue weighted by Gasteiger charge is -2.31. The first-order valence-electron chi connectivity index (χ1n) is 7.41. The normalized spacial score (nSPS) is 19.5. The Kier molecular flexibility index (Phi) is 6.08. The molecule has 0 aromatic heterocycles. The summed E-state index contributed by atoms with van der Waals surface area (Å²) >= 11 is 0. The molecule has 1 aromatic rings. The molecule has 7 nitrogen and oxygen atoms in total. The van der Waals surface area contributed by atoms with Crippen LogP contribution in [0.25, 0.3) is 0 Å². The molecule has 24 heavy (non-hydrogen) atoms. The fourth-order valence-corrected chi connectivity index (χ4v) is 3.33. The molecule has 3 N–H and O–H groups in total. The Hall–Kier alpha value is -1.78. The number of hydrogen-bond acceptors (Lipinski definition) is 4. The highest BCUT2D eigenvalue weighted by molar-refractivity contribution is 7.89. The lowest BCUT2D eigenvalue weighted by Crippen LogP contribution is -2.48. The van der Waals surface area contributed by atoms with Crippen LogP contribution in [0.2, 0.25) is 0 Å². The number of aliphatic imine (C=N–C) groups is 1. The molecule has 0 amide bonds. The minimum absolute atomic E-state index is 0.0486. The molecule has 10 heteroatoms. The van der Waals surface area contributed by atoms with Gasteiger partial charge in [0.15, 0.2) is 5.96 Å². The van der Waals surface area contributed by atoms with Crippen LogP contribution in [0.1, 0.15) is 6.92 Å². The van der Waals surface area contributed by atoms with Crippen molar-refractivity contribution in [2.24, 2.45) is 10.7 Å². The number of nitrogens with zero attached hydrogens (tertiary/aromatic N) is 2. The van der Waals surface area contributed by atoms with Gasteiger partial charge in [0.05, 0.1) is 19.3 Å². The zero-order valence-electron chi connectivity index (χ0n) is 13.2. The summed E-state index contributed by atoms with van der Waals surface area (Å²) in [7, 11) is -4.07. The zero-order valence-corrected chi connectivity index (χ0v) is 14.0. The second kappa shape index (κ2) is 7.86. The fourth-order valence-electron chi connectivity index (χ4n) is 2.25. The summed E-state index contributed by atoms with van der Waals surface area (Å²) in [6, 6.07) is 2.28. The monoisotopic (exact) mass is 362 g/mol. The minimum atomic E-state index is -4.07. The van der Waals surface area contributed by atoms with Gasteiger partial charge in [-0.1, -0.05) is 0 Å². The minimum Gasteiger partial charge on any atom is -0.375 e. The molecule has 0 saturated carbocycles. The van der Waals surface area contributed by atoms with E-state index in [1.54, 1.807) is 0 Å². The van der Waals surface area contributed by atoms with Crippen molar-refractivity contribution in [3.63, 3.8) is 0 Å². The van der Waals surface area contributed by atoms with Gasteiger partial charge in [-0.25, -0.2) is 21.9 Å². The van der Waals surface area contributed by atoms with Crippen LogP contribution in [0, 0.1) is 11.6 Å².